The Morgan fingerprint density at radius 2 is 2.11 bits per heavy atom. The van der Waals surface area contributed by atoms with Gasteiger partial charge in [-0.25, -0.2) is 0 Å². The summed E-state index contributed by atoms with van der Waals surface area (Å²) in [6.45, 7) is 4.73. The van der Waals surface area contributed by atoms with Gasteiger partial charge in [-0.05, 0) is 36.3 Å². The first-order valence-electron chi connectivity index (χ1n) is 7.85. The molecule has 1 aromatic carbocycles. The zero-order valence-corrected chi connectivity index (χ0v) is 12.2. The van der Waals surface area contributed by atoms with Gasteiger partial charge in [0.15, 0.2) is 0 Å². The average Bonchev–Trinajstić information content (AvgIpc) is 2.97. The van der Waals surface area contributed by atoms with Crippen LogP contribution in [0.1, 0.15) is 57.9 Å². The predicted octanol–water partition coefficient (Wildman–Crippen LogP) is 5.27. The molecule has 1 nitrogen and oxygen atoms in total. The van der Waals surface area contributed by atoms with Gasteiger partial charge in [-0.2, -0.15) is 0 Å². The summed E-state index contributed by atoms with van der Waals surface area (Å²) < 4.78 is 0. The van der Waals surface area contributed by atoms with Gasteiger partial charge in [-0.15, -0.1) is 0 Å². The maximum Gasteiger partial charge on any atom is 0.0708 e. The van der Waals surface area contributed by atoms with Crippen molar-refractivity contribution in [3.8, 4) is 0 Å². The molecule has 2 unspecified atom stereocenters. The second-order valence-corrected chi connectivity index (χ2v) is 6.11. The molecule has 1 aromatic rings. The first-order valence-corrected chi connectivity index (χ1v) is 7.85. The first kappa shape index (κ1) is 12.8. The summed E-state index contributed by atoms with van der Waals surface area (Å²) in [5.74, 6) is 1.56. The lowest BCUT2D eigenvalue weighted by Crippen LogP contribution is -2.10. The lowest BCUT2D eigenvalue weighted by atomic mass is 9.82. The molecule has 0 N–H and O–H groups in total. The van der Waals surface area contributed by atoms with E-state index < -0.39 is 0 Å². The van der Waals surface area contributed by atoms with Crippen LogP contribution in [0.4, 0.5) is 5.69 Å². The summed E-state index contributed by atoms with van der Waals surface area (Å²) in [6, 6.07) is 8.68. The van der Waals surface area contributed by atoms with Gasteiger partial charge in [0.2, 0.25) is 0 Å². The molecule has 0 fully saturated rings. The highest BCUT2D eigenvalue weighted by Crippen LogP contribution is 2.50. The van der Waals surface area contributed by atoms with Crippen LogP contribution in [-0.2, 0) is 0 Å². The molecule has 0 amide bonds. The Morgan fingerprint density at radius 1 is 1.26 bits per heavy atom. The molecule has 1 radical (unpaired) electrons. The molecule has 0 saturated heterocycles. The number of allylic oxidation sites excluding steroid dienone is 2. The van der Waals surface area contributed by atoms with E-state index >= 15 is 0 Å². The molecule has 101 valence electrons. The van der Waals surface area contributed by atoms with E-state index in [2.05, 4.69) is 38.1 Å². The van der Waals surface area contributed by atoms with Crippen molar-refractivity contribution in [1.82, 2.24) is 5.32 Å². The Hall–Kier alpha value is -1.24. The second kappa shape index (κ2) is 5.40. The second-order valence-electron chi connectivity index (χ2n) is 6.11. The summed E-state index contributed by atoms with van der Waals surface area (Å²) in [5, 5.41) is 4.82. The summed E-state index contributed by atoms with van der Waals surface area (Å²) in [5.41, 5.74) is 5.59. The summed E-state index contributed by atoms with van der Waals surface area (Å²) >= 11 is 0. The van der Waals surface area contributed by atoms with E-state index in [0.29, 0.717) is 0 Å². The quantitative estimate of drug-likeness (QED) is 0.635. The third-order valence-electron chi connectivity index (χ3n) is 4.77. The smallest absolute Gasteiger partial charge is 0.0708 e. The number of para-hydroxylation sites is 1. The monoisotopic (exact) mass is 254 g/mol. The fourth-order valence-corrected chi connectivity index (χ4v) is 3.69. The molecule has 19 heavy (non-hydrogen) atoms. The van der Waals surface area contributed by atoms with Crippen LogP contribution >= 0.6 is 0 Å². The Labute approximate surface area is 117 Å². The lowest BCUT2D eigenvalue weighted by Gasteiger charge is -2.22. The van der Waals surface area contributed by atoms with Crippen LogP contribution < -0.4 is 5.32 Å². The highest BCUT2D eigenvalue weighted by atomic mass is 14.9. The molecule has 1 aliphatic heterocycles. The minimum Gasteiger partial charge on any atom is -0.253 e. The van der Waals surface area contributed by atoms with Crippen molar-refractivity contribution in [2.24, 2.45) is 11.8 Å². The van der Waals surface area contributed by atoms with E-state index in [-0.39, 0.29) is 0 Å². The van der Waals surface area contributed by atoms with E-state index in [9.17, 15) is 0 Å². The third kappa shape index (κ3) is 2.31. The molecule has 2 aliphatic rings. The van der Waals surface area contributed by atoms with E-state index in [0.717, 1.165) is 11.8 Å². The average molecular weight is 254 g/mol. The fraction of sp³-hybridized carbons (Fsp3) is 0.556. The normalized spacial score (nSPS) is 22.1. The number of fused-ring (bicyclic) bond motifs is 2. The highest BCUT2D eigenvalue weighted by Gasteiger charge is 2.35. The van der Waals surface area contributed by atoms with Gasteiger partial charge in [0.25, 0.3) is 0 Å². The number of hydrogen-bond acceptors (Lipinski definition) is 0. The minimum absolute atomic E-state index is 0.749. The summed E-state index contributed by atoms with van der Waals surface area (Å²) in [6.07, 6.45) is 7.96. The molecule has 0 saturated carbocycles. The van der Waals surface area contributed by atoms with Gasteiger partial charge in [0, 0.05) is 11.3 Å². The van der Waals surface area contributed by atoms with E-state index in [1.807, 2.05) is 0 Å². The minimum atomic E-state index is 0.749. The van der Waals surface area contributed by atoms with Crippen molar-refractivity contribution in [3.63, 3.8) is 0 Å². The van der Waals surface area contributed by atoms with Gasteiger partial charge >= 0.3 is 0 Å². The van der Waals surface area contributed by atoms with Crippen LogP contribution in [0.15, 0.2) is 30.0 Å². The van der Waals surface area contributed by atoms with Crippen LogP contribution in [0, 0.1) is 11.8 Å². The van der Waals surface area contributed by atoms with Crippen molar-refractivity contribution in [2.75, 3.05) is 0 Å². The Kier molecular flexibility index (Phi) is 3.63. The topological polar surface area (TPSA) is 14.1 Å². The largest absolute Gasteiger partial charge is 0.253 e. The SMILES string of the molecule is CCCCCC(C)C1CCC2=C1c1ccccc1[N]2. The van der Waals surface area contributed by atoms with Crippen LogP contribution in [0.25, 0.3) is 5.57 Å². The molecule has 0 aromatic heterocycles. The molecule has 0 spiro atoms. The molecule has 1 aliphatic carbocycles. The zero-order chi connectivity index (χ0) is 13.2. The number of hydrogen-bond donors (Lipinski definition) is 0. The zero-order valence-electron chi connectivity index (χ0n) is 12.2. The molecule has 0 bridgehead atoms. The van der Waals surface area contributed by atoms with Crippen molar-refractivity contribution in [1.29, 1.82) is 0 Å². The van der Waals surface area contributed by atoms with E-state index in [4.69, 9.17) is 5.32 Å². The van der Waals surface area contributed by atoms with Crippen molar-refractivity contribution >= 4 is 11.3 Å². The van der Waals surface area contributed by atoms with Crippen molar-refractivity contribution < 1.29 is 0 Å². The molecular formula is C18H24N. The number of rotatable bonds is 5. The molecular weight excluding hydrogens is 230 g/mol. The van der Waals surface area contributed by atoms with Gasteiger partial charge in [-0.1, -0.05) is 57.7 Å². The standard InChI is InChI=1S/C18H24N/c1-3-4-5-8-13(2)14-11-12-17-18(14)15-9-6-7-10-16(15)19-17/h6-7,9-10,13-14H,3-5,8,11-12H2,1-2H3. The summed E-state index contributed by atoms with van der Waals surface area (Å²) in [4.78, 5) is 0. The molecule has 2 atom stereocenters. The van der Waals surface area contributed by atoms with Gasteiger partial charge in [-0.3, -0.25) is 5.32 Å². The maximum absolute atomic E-state index is 4.82. The molecule has 1 heteroatoms. The van der Waals surface area contributed by atoms with Gasteiger partial charge < -0.3 is 0 Å². The Bertz CT molecular complexity index is 486. The number of nitrogens with zero attached hydrogens (tertiary/aromatic N) is 1. The highest BCUT2D eigenvalue weighted by molar-refractivity contribution is 5.84. The van der Waals surface area contributed by atoms with Crippen molar-refractivity contribution in [3.05, 3.63) is 35.5 Å². The van der Waals surface area contributed by atoms with Crippen LogP contribution in [0.5, 0.6) is 0 Å². The maximum atomic E-state index is 4.82. The molecule has 3 rings (SSSR count). The van der Waals surface area contributed by atoms with E-state index in [1.165, 1.54) is 55.5 Å². The van der Waals surface area contributed by atoms with Crippen molar-refractivity contribution in [2.45, 2.75) is 52.4 Å². The Balaban J connectivity index is 1.75. The summed E-state index contributed by atoms with van der Waals surface area (Å²) in [7, 11) is 0. The van der Waals surface area contributed by atoms with Crippen LogP contribution in [0.2, 0.25) is 0 Å². The number of benzene rings is 1. The third-order valence-corrected chi connectivity index (χ3v) is 4.77. The van der Waals surface area contributed by atoms with Crippen LogP contribution in [-0.4, -0.2) is 0 Å². The lowest BCUT2D eigenvalue weighted by molar-refractivity contribution is 0.389. The van der Waals surface area contributed by atoms with E-state index in [1.54, 1.807) is 5.57 Å². The first-order chi connectivity index (χ1) is 9.31. The van der Waals surface area contributed by atoms with Gasteiger partial charge in [0.05, 0.1) is 5.69 Å². The number of unbranched alkanes of at least 4 members (excludes halogenated alkanes) is 2. The molecule has 1 heterocycles. The fourth-order valence-electron chi connectivity index (χ4n) is 3.69. The predicted molar refractivity (Wildman–Crippen MR) is 81.2 cm³/mol. The van der Waals surface area contributed by atoms with Crippen LogP contribution in [0.3, 0.4) is 0 Å². The Morgan fingerprint density at radius 3 is 2.95 bits per heavy atom. The van der Waals surface area contributed by atoms with Gasteiger partial charge in [0.1, 0.15) is 0 Å².